The zero-order chi connectivity index (χ0) is 28.2. The van der Waals surface area contributed by atoms with Crippen LogP contribution in [0.25, 0.3) is 0 Å². The Morgan fingerprint density at radius 1 is 1.05 bits per heavy atom. The first-order valence-corrected chi connectivity index (χ1v) is 14.1. The Morgan fingerprint density at radius 3 is 2.66 bits per heavy atom. The van der Waals surface area contributed by atoms with E-state index in [1.807, 2.05) is 53.4 Å². The quantitative estimate of drug-likeness (QED) is 0.242. The molecule has 206 valence electrons. The van der Waals surface area contributed by atoms with Crippen LogP contribution in [0.1, 0.15) is 54.3 Å². The molecule has 1 unspecified atom stereocenters. The minimum Gasteiger partial charge on any atom is -0.486 e. The summed E-state index contributed by atoms with van der Waals surface area (Å²) in [4.78, 5) is 32.2. The minimum atomic E-state index is -0.321. The molecule has 3 heterocycles. The molecule has 0 radical (unpaired) electrons. The van der Waals surface area contributed by atoms with Crippen molar-refractivity contribution in [2.24, 2.45) is 0 Å². The predicted molar refractivity (Wildman–Crippen MR) is 152 cm³/mol. The number of carbonyl (C=O) groups excluding carboxylic acids is 2. The number of benzene rings is 3. The van der Waals surface area contributed by atoms with Crippen LogP contribution < -0.4 is 10.1 Å². The highest BCUT2D eigenvalue weighted by Crippen LogP contribution is 2.38. The Labute approximate surface area is 240 Å². The number of amides is 2. The smallest absolute Gasteiger partial charge is 0.290 e. The van der Waals surface area contributed by atoms with Gasteiger partial charge in [-0.25, -0.2) is 9.37 Å². The lowest BCUT2D eigenvalue weighted by Crippen LogP contribution is -2.40. The van der Waals surface area contributed by atoms with E-state index in [-0.39, 0.29) is 36.8 Å². The SMILES string of the molecule is O=C(NCc1ccc(F)cc1)c1csc(COc2ccc3c(c2)C(c2ccccc2)N(C(=O)c2ccco2)CC3)n1. The summed E-state index contributed by atoms with van der Waals surface area (Å²) in [5, 5.41) is 5.15. The third kappa shape index (κ3) is 5.90. The minimum absolute atomic E-state index is 0.158. The zero-order valence-corrected chi connectivity index (χ0v) is 22.8. The number of aromatic nitrogens is 1. The van der Waals surface area contributed by atoms with E-state index >= 15 is 0 Å². The second-order valence-corrected chi connectivity index (χ2v) is 10.6. The Balaban J connectivity index is 1.16. The number of thiazole rings is 1. The van der Waals surface area contributed by atoms with Gasteiger partial charge in [0, 0.05) is 18.5 Å². The van der Waals surface area contributed by atoms with Crippen molar-refractivity contribution in [3.63, 3.8) is 0 Å². The van der Waals surface area contributed by atoms with E-state index in [1.54, 1.807) is 29.6 Å². The maximum atomic E-state index is 13.4. The third-order valence-corrected chi connectivity index (χ3v) is 7.79. The molecule has 7 nitrogen and oxygen atoms in total. The number of carbonyl (C=O) groups is 2. The molecule has 9 heteroatoms. The van der Waals surface area contributed by atoms with Crippen LogP contribution in [-0.4, -0.2) is 28.2 Å². The van der Waals surface area contributed by atoms with Crippen molar-refractivity contribution in [2.45, 2.75) is 25.6 Å². The standard InChI is InChI=1S/C32H26FN3O4S/c33-24-11-8-21(9-12-24)18-34-31(37)27-20-41-29(35-27)19-40-25-13-10-22-14-15-36(32(38)28-7-4-16-39-28)30(26(22)17-25)23-5-2-1-3-6-23/h1-13,16-17,20,30H,14-15,18-19H2,(H,34,37). The van der Waals surface area contributed by atoms with Gasteiger partial charge in [0.15, 0.2) is 5.76 Å². The number of furan rings is 1. The van der Waals surface area contributed by atoms with Gasteiger partial charge < -0.3 is 19.4 Å². The molecular formula is C32H26FN3O4S. The average Bonchev–Trinajstić information content (AvgIpc) is 3.72. The summed E-state index contributed by atoms with van der Waals surface area (Å²) in [6.45, 7) is 1.04. The zero-order valence-electron chi connectivity index (χ0n) is 22.0. The van der Waals surface area contributed by atoms with E-state index < -0.39 is 0 Å². The Bertz CT molecular complexity index is 1650. The summed E-state index contributed by atoms with van der Waals surface area (Å²) in [5.74, 6) is 0.169. The van der Waals surface area contributed by atoms with Gasteiger partial charge in [0.05, 0.1) is 12.3 Å². The van der Waals surface area contributed by atoms with Crippen LogP contribution in [0.5, 0.6) is 5.75 Å². The van der Waals surface area contributed by atoms with Crippen LogP contribution >= 0.6 is 11.3 Å². The van der Waals surface area contributed by atoms with Gasteiger partial charge in [0.25, 0.3) is 11.8 Å². The van der Waals surface area contributed by atoms with Crippen LogP contribution in [-0.2, 0) is 19.6 Å². The van der Waals surface area contributed by atoms with Crippen molar-refractivity contribution in [1.82, 2.24) is 15.2 Å². The molecule has 1 N–H and O–H groups in total. The number of rotatable bonds is 8. The summed E-state index contributed by atoms with van der Waals surface area (Å²) >= 11 is 1.34. The van der Waals surface area contributed by atoms with Crippen molar-refractivity contribution < 1.29 is 23.1 Å². The molecule has 0 bridgehead atoms. The van der Waals surface area contributed by atoms with Crippen molar-refractivity contribution in [2.75, 3.05) is 6.54 Å². The average molecular weight is 568 g/mol. The molecule has 0 aliphatic carbocycles. The fourth-order valence-electron chi connectivity index (χ4n) is 4.94. The number of hydrogen-bond acceptors (Lipinski definition) is 6. The molecule has 5 aromatic rings. The fraction of sp³-hybridized carbons (Fsp3) is 0.156. The molecule has 41 heavy (non-hydrogen) atoms. The molecule has 0 fully saturated rings. The van der Waals surface area contributed by atoms with E-state index in [4.69, 9.17) is 9.15 Å². The first kappa shape index (κ1) is 26.5. The summed E-state index contributed by atoms with van der Waals surface area (Å²) in [7, 11) is 0. The monoisotopic (exact) mass is 567 g/mol. The Morgan fingerprint density at radius 2 is 1.88 bits per heavy atom. The van der Waals surface area contributed by atoms with Gasteiger partial charge in [0.2, 0.25) is 0 Å². The van der Waals surface area contributed by atoms with E-state index in [2.05, 4.69) is 10.3 Å². The number of nitrogens with zero attached hydrogens (tertiary/aromatic N) is 2. The van der Waals surface area contributed by atoms with Gasteiger partial charge in [-0.1, -0.05) is 48.5 Å². The van der Waals surface area contributed by atoms with Gasteiger partial charge in [-0.05, 0) is 65.1 Å². The van der Waals surface area contributed by atoms with Crippen LogP contribution in [0.4, 0.5) is 4.39 Å². The van der Waals surface area contributed by atoms with Crippen LogP contribution in [0.3, 0.4) is 0 Å². The van der Waals surface area contributed by atoms with Crippen molar-refractivity contribution in [3.8, 4) is 5.75 Å². The molecule has 2 aromatic heterocycles. The number of nitrogens with one attached hydrogen (secondary N) is 1. The lowest BCUT2D eigenvalue weighted by atomic mass is 9.87. The van der Waals surface area contributed by atoms with E-state index in [9.17, 15) is 14.0 Å². The molecule has 0 saturated carbocycles. The second kappa shape index (κ2) is 11.8. The Hall–Kier alpha value is -4.76. The van der Waals surface area contributed by atoms with Crippen LogP contribution in [0.2, 0.25) is 0 Å². The van der Waals surface area contributed by atoms with Crippen molar-refractivity contribution in [3.05, 3.63) is 141 Å². The maximum Gasteiger partial charge on any atom is 0.290 e. The van der Waals surface area contributed by atoms with Gasteiger partial charge >= 0.3 is 0 Å². The molecule has 6 rings (SSSR count). The molecule has 3 aromatic carbocycles. The lowest BCUT2D eigenvalue weighted by Gasteiger charge is -2.37. The number of halogens is 1. The van der Waals surface area contributed by atoms with E-state index in [0.717, 1.165) is 22.3 Å². The maximum absolute atomic E-state index is 13.4. The summed E-state index contributed by atoms with van der Waals surface area (Å²) in [5.41, 5.74) is 4.26. The molecule has 1 aliphatic heterocycles. The fourth-order valence-corrected chi connectivity index (χ4v) is 5.63. The molecule has 1 aliphatic rings. The summed E-state index contributed by atoms with van der Waals surface area (Å²) in [6, 6.07) is 25.0. The first-order valence-electron chi connectivity index (χ1n) is 13.2. The predicted octanol–water partition coefficient (Wildman–Crippen LogP) is 6.17. The van der Waals surface area contributed by atoms with Gasteiger partial charge in [-0.15, -0.1) is 11.3 Å². The molecule has 2 amide bonds. The highest BCUT2D eigenvalue weighted by molar-refractivity contribution is 7.09. The lowest BCUT2D eigenvalue weighted by molar-refractivity contribution is 0.0661. The Kier molecular flexibility index (Phi) is 7.60. The summed E-state index contributed by atoms with van der Waals surface area (Å²) < 4.78 is 24.6. The topological polar surface area (TPSA) is 84.7 Å². The highest BCUT2D eigenvalue weighted by Gasteiger charge is 2.34. The van der Waals surface area contributed by atoms with Gasteiger partial charge in [0.1, 0.15) is 28.9 Å². The summed E-state index contributed by atoms with van der Waals surface area (Å²) in [6.07, 6.45) is 2.22. The number of hydrogen-bond donors (Lipinski definition) is 1. The third-order valence-electron chi connectivity index (χ3n) is 6.97. The second-order valence-electron chi connectivity index (χ2n) is 9.62. The van der Waals surface area contributed by atoms with E-state index in [1.165, 1.54) is 29.7 Å². The highest BCUT2D eigenvalue weighted by atomic mass is 32.1. The van der Waals surface area contributed by atoms with Crippen molar-refractivity contribution in [1.29, 1.82) is 0 Å². The normalized spacial score (nSPS) is 14.4. The largest absolute Gasteiger partial charge is 0.486 e. The van der Waals surface area contributed by atoms with Crippen LogP contribution in [0.15, 0.2) is 101 Å². The number of fused-ring (bicyclic) bond motifs is 1. The molecule has 0 spiro atoms. The number of ether oxygens (including phenoxy) is 1. The van der Waals surface area contributed by atoms with Crippen LogP contribution in [0, 0.1) is 5.82 Å². The van der Waals surface area contributed by atoms with E-state index in [0.29, 0.717) is 35.2 Å². The van der Waals surface area contributed by atoms with Gasteiger partial charge in [-0.2, -0.15) is 0 Å². The molecule has 1 atom stereocenters. The molecular weight excluding hydrogens is 541 g/mol. The first-order chi connectivity index (χ1) is 20.0. The van der Waals surface area contributed by atoms with Gasteiger partial charge in [-0.3, -0.25) is 9.59 Å². The molecule has 0 saturated heterocycles. The van der Waals surface area contributed by atoms with Crippen molar-refractivity contribution >= 4 is 23.2 Å².